The predicted molar refractivity (Wildman–Crippen MR) is 108 cm³/mol. The zero-order chi connectivity index (χ0) is 20.8. The second kappa shape index (κ2) is 9.96. The van der Waals surface area contributed by atoms with Gasteiger partial charge in [-0.2, -0.15) is 0 Å². The number of carbonyl (C=O) groups is 1. The molecule has 0 saturated carbocycles. The second-order valence-electron chi connectivity index (χ2n) is 8.98. The lowest BCUT2D eigenvalue weighted by Crippen LogP contribution is -2.53. The fourth-order valence-corrected chi connectivity index (χ4v) is 3.59. The molecule has 0 amide bonds. The van der Waals surface area contributed by atoms with Crippen molar-refractivity contribution in [2.75, 3.05) is 6.61 Å². The van der Waals surface area contributed by atoms with Crippen molar-refractivity contribution in [3.63, 3.8) is 0 Å². The molecule has 4 heteroatoms. The molecule has 0 aromatic heterocycles. The van der Waals surface area contributed by atoms with Gasteiger partial charge in [0.2, 0.25) is 0 Å². The summed E-state index contributed by atoms with van der Waals surface area (Å²) < 4.78 is 17.6. The van der Waals surface area contributed by atoms with E-state index < -0.39 is 11.8 Å². The van der Waals surface area contributed by atoms with Crippen molar-refractivity contribution in [1.29, 1.82) is 0 Å². The van der Waals surface area contributed by atoms with Gasteiger partial charge in [-0.15, -0.1) is 0 Å². The van der Waals surface area contributed by atoms with E-state index in [1.54, 1.807) is 0 Å². The predicted octanol–water partition coefficient (Wildman–Crippen LogP) is 6.61. The summed E-state index contributed by atoms with van der Waals surface area (Å²) >= 11 is 0. The van der Waals surface area contributed by atoms with Crippen molar-refractivity contribution in [1.82, 2.24) is 0 Å². The molecule has 4 nitrogen and oxygen atoms in total. The van der Waals surface area contributed by atoms with E-state index in [9.17, 15) is 4.79 Å². The highest BCUT2D eigenvalue weighted by Gasteiger charge is 2.49. The van der Waals surface area contributed by atoms with Crippen molar-refractivity contribution >= 4 is 6.16 Å². The zero-order valence-corrected chi connectivity index (χ0v) is 19.2. The number of rotatable bonds is 11. The molecule has 156 valence electrons. The molecule has 0 aromatic carbocycles. The van der Waals surface area contributed by atoms with Crippen molar-refractivity contribution in [2.24, 2.45) is 16.7 Å². The summed E-state index contributed by atoms with van der Waals surface area (Å²) in [5, 5.41) is 0. The van der Waals surface area contributed by atoms with Gasteiger partial charge >= 0.3 is 6.16 Å². The van der Waals surface area contributed by atoms with Gasteiger partial charge in [-0.3, -0.25) is 0 Å². The van der Waals surface area contributed by atoms with Gasteiger partial charge in [-0.1, -0.05) is 55.4 Å². The molecule has 0 aliphatic rings. The lowest BCUT2D eigenvalue weighted by molar-refractivity contribution is -0.159. The van der Waals surface area contributed by atoms with E-state index >= 15 is 0 Å². The highest BCUT2D eigenvalue weighted by atomic mass is 16.7. The summed E-state index contributed by atoms with van der Waals surface area (Å²) in [6.45, 7) is 23.6. The zero-order valence-electron chi connectivity index (χ0n) is 19.2. The number of ether oxygens (including phenoxy) is 3. The Kier molecular flexibility index (Phi) is 9.67. The van der Waals surface area contributed by atoms with Crippen LogP contribution in [0.3, 0.4) is 0 Å². The largest absolute Gasteiger partial charge is 0.509 e. The van der Waals surface area contributed by atoms with Crippen LogP contribution in [0.2, 0.25) is 0 Å². The van der Waals surface area contributed by atoms with Crippen LogP contribution >= 0.6 is 0 Å². The molecule has 0 fully saturated rings. The van der Waals surface area contributed by atoms with E-state index in [0.717, 1.165) is 19.3 Å². The minimum absolute atomic E-state index is 0.0226. The maximum absolute atomic E-state index is 12.6. The van der Waals surface area contributed by atoms with E-state index in [2.05, 4.69) is 48.5 Å². The average molecular weight is 373 g/mol. The van der Waals surface area contributed by atoms with E-state index in [1.807, 2.05) is 27.7 Å². The molecule has 0 N–H and O–H groups in total. The fourth-order valence-electron chi connectivity index (χ4n) is 3.59. The standard InChI is InChI=1S/C22H44O4/c1-12-17(20(7,8)16(5)6)25-19(23)26-21(9,10)22(11,14-3)18(13-2)24-15-4/h16-18H,12-15H2,1-11H3. The van der Waals surface area contributed by atoms with Crippen LogP contribution in [-0.4, -0.2) is 30.6 Å². The normalized spacial score (nSPS) is 17.5. The molecule has 0 rings (SSSR count). The van der Waals surface area contributed by atoms with E-state index in [0.29, 0.717) is 12.5 Å². The third-order valence-corrected chi connectivity index (χ3v) is 6.82. The van der Waals surface area contributed by atoms with Gasteiger partial charge in [0, 0.05) is 17.4 Å². The molecule has 3 atom stereocenters. The van der Waals surface area contributed by atoms with Crippen molar-refractivity contribution in [2.45, 2.75) is 113 Å². The molecule has 0 aliphatic carbocycles. The Bertz CT molecular complexity index is 428. The number of hydrogen-bond donors (Lipinski definition) is 0. The lowest BCUT2D eigenvalue weighted by Gasteiger charge is -2.47. The molecule has 0 spiro atoms. The van der Waals surface area contributed by atoms with Gasteiger partial charge in [0.05, 0.1) is 6.10 Å². The molecular weight excluding hydrogens is 328 g/mol. The highest BCUT2D eigenvalue weighted by Crippen LogP contribution is 2.43. The molecular formula is C22H44O4. The summed E-state index contributed by atoms with van der Waals surface area (Å²) in [6, 6.07) is 0. The molecule has 26 heavy (non-hydrogen) atoms. The third-order valence-electron chi connectivity index (χ3n) is 6.82. The van der Waals surface area contributed by atoms with Crippen molar-refractivity contribution in [3.8, 4) is 0 Å². The van der Waals surface area contributed by atoms with Gasteiger partial charge < -0.3 is 14.2 Å². The molecule has 3 unspecified atom stereocenters. The Morgan fingerprint density at radius 1 is 0.885 bits per heavy atom. The van der Waals surface area contributed by atoms with Crippen LogP contribution in [0.4, 0.5) is 4.79 Å². The topological polar surface area (TPSA) is 44.8 Å². The molecule has 0 aliphatic heterocycles. The highest BCUT2D eigenvalue weighted by molar-refractivity contribution is 5.61. The Balaban J connectivity index is 5.35. The number of carbonyl (C=O) groups excluding carboxylic acids is 1. The smallest absolute Gasteiger partial charge is 0.430 e. The Morgan fingerprint density at radius 3 is 1.73 bits per heavy atom. The minimum Gasteiger partial charge on any atom is -0.430 e. The monoisotopic (exact) mass is 372 g/mol. The van der Waals surface area contributed by atoms with Crippen LogP contribution < -0.4 is 0 Å². The first-order valence-electron chi connectivity index (χ1n) is 10.3. The summed E-state index contributed by atoms with van der Waals surface area (Å²) in [5.41, 5.74) is -1.11. The van der Waals surface area contributed by atoms with Crippen LogP contribution in [0.25, 0.3) is 0 Å². The third kappa shape index (κ3) is 5.61. The molecule has 0 aromatic rings. The maximum atomic E-state index is 12.6. The molecule has 0 heterocycles. The minimum atomic E-state index is -0.699. The average Bonchev–Trinajstić information content (AvgIpc) is 2.55. The van der Waals surface area contributed by atoms with Gasteiger partial charge in [-0.05, 0) is 46.0 Å². The molecule has 0 bridgehead atoms. The second-order valence-corrected chi connectivity index (χ2v) is 8.98. The van der Waals surface area contributed by atoms with Crippen LogP contribution in [0.1, 0.15) is 95.4 Å². The summed E-state index contributed by atoms with van der Waals surface area (Å²) in [5.74, 6) is 0.400. The number of hydrogen-bond acceptors (Lipinski definition) is 4. The summed E-state index contributed by atoms with van der Waals surface area (Å²) in [7, 11) is 0. The van der Waals surface area contributed by atoms with Crippen LogP contribution in [-0.2, 0) is 14.2 Å². The van der Waals surface area contributed by atoms with Gasteiger partial charge in [-0.25, -0.2) is 4.79 Å². The van der Waals surface area contributed by atoms with Crippen LogP contribution in [0.15, 0.2) is 0 Å². The Morgan fingerprint density at radius 2 is 1.38 bits per heavy atom. The van der Waals surface area contributed by atoms with Crippen LogP contribution in [0.5, 0.6) is 0 Å². The quantitative estimate of drug-likeness (QED) is 0.383. The first-order chi connectivity index (χ1) is 11.8. The van der Waals surface area contributed by atoms with Gasteiger partial charge in [0.25, 0.3) is 0 Å². The molecule has 0 saturated heterocycles. The van der Waals surface area contributed by atoms with Crippen LogP contribution in [0, 0.1) is 16.7 Å². The van der Waals surface area contributed by atoms with E-state index in [-0.39, 0.29) is 23.0 Å². The summed E-state index contributed by atoms with van der Waals surface area (Å²) in [4.78, 5) is 12.6. The van der Waals surface area contributed by atoms with Gasteiger partial charge in [0.15, 0.2) is 0 Å². The van der Waals surface area contributed by atoms with E-state index in [4.69, 9.17) is 14.2 Å². The Labute approximate surface area is 162 Å². The SMILES string of the molecule is CCOC(CC)C(C)(CC)C(C)(C)OC(=O)OC(CC)C(C)(C)C(C)C. The lowest BCUT2D eigenvalue weighted by atomic mass is 9.68. The summed E-state index contributed by atoms with van der Waals surface area (Å²) in [6.07, 6.45) is 1.75. The van der Waals surface area contributed by atoms with Crippen molar-refractivity contribution < 1.29 is 19.0 Å². The fraction of sp³-hybridized carbons (Fsp3) is 0.955. The van der Waals surface area contributed by atoms with Crippen molar-refractivity contribution in [3.05, 3.63) is 0 Å². The molecule has 0 radical (unpaired) electrons. The van der Waals surface area contributed by atoms with E-state index in [1.165, 1.54) is 0 Å². The maximum Gasteiger partial charge on any atom is 0.509 e. The Hall–Kier alpha value is -0.770. The first-order valence-corrected chi connectivity index (χ1v) is 10.3. The van der Waals surface area contributed by atoms with Gasteiger partial charge in [0.1, 0.15) is 11.7 Å². The first kappa shape index (κ1) is 25.2.